The molecular weight excluding hydrogens is 434 g/mol. The first-order chi connectivity index (χ1) is 17.2. The van der Waals surface area contributed by atoms with E-state index in [1.165, 1.54) is 16.5 Å². The van der Waals surface area contributed by atoms with E-state index in [-0.39, 0.29) is 11.9 Å². The van der Waals surface area contributed by atoms with Gasteiger partial charge in [0.25, 0.3) is 0 Å². The fraction of sp³-hybridized carbons (Fsp3) is 0.300. The molecule has 1 fully saturated rings. The van der Waals surface area contributed by atoms with Crippen molar-refractivity contribution in [2.45, 2.75) is 38.3 Å². The predicted octanol–water partition coefficient (Wildman–Crippen LogP) is 5.56. The van der Waals surface area contributed by atoms with Gasteiger partial charge in [-0.25, -0.2) is 0 Å². The van der Waals surface area contributed by atoms with Crippen LogP contribution in [0.25, 0.3) is 22.2 Å². The van der Waals surface area contributed by atoms with Gasteiger partial charge in [0, 0.05) is 48.7 Å². The normalized spacial score (nSPS) is 14.8. The molecule has 1 aliphatic heterocycles. The summed E-state index contributed by atoms with van der Waals surface area (Å²) in [7, 11) is 1.68. The number of hydrogen-bond acceptors (Lipinski definition) is 3. The average Bonchev–Trinajstić information content (AvgIpc) is 3.28. The molecule has 1 aliphatic rings. The number of carbonyl (C=O) groups is 1. The van der Waals surface area contributed by atoms with Crippen LogP contribution < -0.4 is 10.1 Å². The first-order valence-electron chi connectivity index (χ1n) is 12.5. The third-order valence-electron chi connectivity index (χ3n) is 7.00. The first kappa shape index (κ1) is 23.2. The van der Waals surface area contributed by atoms with Crippen LogP contribution in [-0.2, 0) is 17.8 Å². The van der Waals surface area contributed by atoms with E-state index in [2.05, 4.69) is 75.9 Å². The van der Waals surface area contributed by atoms with E-state index in [4.69, 9.17) is 4.74 Å². The summed E-state index contributed by atoms with van der Waals surface area (Å²) in [6, 6.07) is 27.3. The topological polar surface area (TPSA) is 57.4 Å². The molecule has 0 radical (unpaired) electrons. The van der Waals surface area contributed by atoms with Crippen molar-refractivity contribution in [3.05, 3.63) is 90.0 Å². The molecule has 1 amide bonds. The number of benzene rings is 3. The number of carbonyl (C=O) groups excluding carboxylic acids is 1. The number of likely N-dealkylation sites (tertiary alicyclic amines) is 1. The van der Waals surface area contributed by atoms with Crippen molar-refractivity contribution in [3.8, 4) is 17.0 Å². The number of hydrogen-bond donors (Lipinski definition) is 2. The van der Waals surface area contributed by atoms with Gasteiger partial charge in [0.1, 0.15) is 5.75 Å². The van der Waals surface area contributed by atoms with Crippen LogP contribution in [-0.4, -0.2) is 42.0 Å². The van der Waals surface area contributed by atoms with Gasteiger partial charge in [-0.05, 0) is 66.3 Å². The smallest absolute Gasteiger partial charge is 0.220 e. The van der Waals surface area contributed by atoms with Crippen LogP contribution in [0.4, 0.5) is 0 Å². The molecule has 0 bridgehead atoms. The van der Waals surface area contributed by atoms with Crippen molar-refractivity contribution >= 4 is 16.8 Å². The van der Waals surface area contributed by atoms with Gasteiger partial charge in [-0.3, -0.25) is 9.69 Å². The average molecular weight is 468 g/mol. The van der Waals surface area contributed by atoms with E-state index in [9.17, 15) is 4.79 Å². The van der Waals surface area contributed by atoms with Crippen LogP contribution in [0, 0.1) is 0 Å². The maximum absolute atomic E-state index is 12.9. The molecule has 0 spiro atoms. The van der Waals surface area contributed by atoms with Gasteiger partial charge in [-0.1, -0.05) is 48.5 Å². The number of fused-ring (bicyclic) bond motifs is 1. The minimum atomic E-state index is 0.137. The van der Waals surface area contributed by atoms with Gasteiger partial charge in [-0.2, -0.15) is 0 Å². The summed E-state index contributed by atoms with van der Waals surface area (Å²) in [5.74, 6) is 0.970. The number of amides is 1. The maximum atomic E-state index is 12.9. The Morgan fingerprint density at radius 1 is 0.971 bits per heavy atom. The highest BCUT2D eigenvalue weighted by molar-refractivity contribution is 5.91. The number of H-pyrrole nitrogens is 1. The fourth-order valence-electron chi connectivity index (χ4n) is 5.08. The largest absolute Gasteiger partial charge is 0.497 e. The monoisotopic (exact) mass is 467 g/mol. The van der Waals surface area contributed by atoms with Crippen molar-refractivity contribution in [1.82, 2.24) is 15.2 Å². The molecule has 0 unspecified atom stereocenters. The van der Waals surface area contributed by atoms with E-state index in [1.54, 1.807) is 7.11 Å². The van der Waals surface area contributed by atoms with Crippen molar-refractivity contribution in [1.29, 1.82) is 0 Å². The van der Waals surface area contributed by atoms with Gasteiger partial charge in [0.15, 0.2) is 0 Å². The van der Waals surface area contributed by atoms with E-state index in [0.717, 1.165) is 55.0 Å². The highest BCUT2D eigenvalue weighted by atomic mass is 16.5. The Bertz CT molecular complexity index is 1260. The summed E-state index contributed by atoms with van der Waals surface area (Å²) in [6.45, 7) is 3.02. The number of rotatable bonds is 8. The van der Waals surface area contributed by atoms with Crippen molar-refractivity contribution in [2.24, 2.45) is 0 Å². The molecule has 35 heavy (non-hydrogen) atoms. The number of piperidine rings is 1. The van der Waals surface area contributed by atoms with E-state index >= 15 is 0 Å². The minimum Gasteiger partial charge on any atom is -0.497 e. The van der Waals surface area contributed by atoms with Crippen molar-refractivity contribution in [2.75, 3.05) is 20.2 Å². The Balaban J connectivity index is 1.20. The number of aryl methyl sites for hydroxylation is 1. The molecule has 5 heteroatoms. The third kappa shape index (κ3) is 5.57. The minimum absolute atomic E-state index is 0.137. The summed E-state index contributed by atoms with van der Waals surface area (Å²) in [5, 5.41) is 4.48. The number of aromatic nitrogens is 1. The van der Waals surface area contributed by atoms with Gasteiger partial charge in [0.2, 0.25) is 5.91 Å². The van der Waals surface area contributed by atoms with Crippen LogP contribution in [0.1, 0.15) is 30.4 Å². The van der Waals surface area contributed by atoms with E-state index in [1.807, 2.05) is 18.2 Å². The molecule has 1 saturated heterocycles. The fourth-order valence-corrected chi connectivity index (χ4v) is 5.08. The number of nitrogens with one attached hydrogen (secondary N) is 2. The number of aromatic amines is 1. The lowest BCUT2D eigenvalue weighted by atomic mass is 10.00. The van der Waals surface area contributed by atoms with Gasteiger partial charge in [-0.15, -0.1) is 0 Å². The summed E-state index contributed by atoms with van der Waals surface area (Å²) in [4.78, 5) is 18.9. The zero-order valence-electron chi connectivity index (χ0n) is 20.3. The Morgan fingerprint density at radius 3 is 2.43 bits per heavy atom. The summed E-state index contributed by atoms with van der Waals surface area (Å²) in [5.41, 5.74) is 5.82. The summed E-state index contributed by atoms with van der Waals surface area (Å²) in [6.07, 6.45) is 3.19. The third-order valence-corrected chi connectivity index (χ3v) is 7.00. The standard InChI is InChI=1S/C30H33N3O2/c1-35-25-13-11-23(12-14-25)30-27(26-9-5-6-10-28(26)32-30)15-16-29(34)31-24-17-19-33(20-18-24)21-22-7-3-2-4-8-22/h2-14,24,32H,15-21H2,1H3,(H,31,34). The quantitative estimate of drug-likeness (QED) is 0.357. The predicted molar refractivity (Wildman–Crippen MR) is 141 cm³/mol. The SMILES string of the molecule is COc1ccc(-c2[nH]c3ccccc3c2CCC(=O)NC2CCN(Cc3ccccc3)CC2)cc1. The molecule has 3 aromatic carbocycles. The second kappa shape index (κ2) is 10.8. The Kier molecular flexibility index (Phi) is 7.15. The van der Waals surface area contributed by atoms with Crippen LogP contribution in [0.5, 0.6) is 5.75 Å². The Hall–Kier alpha value is -3.57. The van der Waals surface area contributed by atoms with Crippen LogP contribution in [0.2, 0.25) is 0 Å². The van der Waals surface area contributed by atoms with Crippen molar-refractivity contribution < 1.29 is 9.53 Å². The molecule has 5 rings (SSSR count). The molecule has 4 aromatic rings. The highest BCUT2D eigenvalue weighted by Gasteiger charge is 2.21. The Morgan fingerprint density at radius 2 is 1.69 bits per heavy atom. The summed E-state index contributed by atoms with van der Waals surface area (Å²) < 4.78 is 5.32. The lowest BCUT2D eigenvalue weighted by Gasteiger charge is -2.32. The number of ether oxygens (including phenoxy) is 1. The molecule has 0 atom stereocenters. The molecule has 5 nitrogen and oxygen atoms in total. The number of nitrogens with zero attached hydrogens (tertiary/aromatic N) is 1. The zero-order valence-corrected chi connectivity index (χ0v) is 20.3. The molecule has 0 aliphatic carbocycles. The van der Waals surface area contributed by atoms with Gasteiger partial charge in [0.05, 0.1) is 7.11 Å². The van der Waals surface area contributed by atoms with Crippen molar-refractivity contribution in [3.63, 3.8) is 0 Å². The number of para-hydroxylation sites is 1. The highest BCUT2D eigenvalue weighted by Crippen LogP contribution is 2.32. The lowest BCUT2D eigenvalue weighted by Crippen LogP contribution is -2.44. The molecule has 2 N–H and O–H groups in total. The van der Waals surface area contributed by atoms with Gasteiger partial charge < -0.3 is 15.0 Å². The summed E-state index contributed by atoms with van der Waals surface area (Å²) >= 11 is 0. The van der Waals surface area contributed by atoms with E-state index in [0.29, 0.717) is 12.8 Å². The molecule has 2 heterocycles. The van der Waals surface area contributed by atoms with Crippen LogP contribution in [0.3, 0.4) is 0 Å². The first-order valence-corrected chi connectivity index (χ1v) is 12.5. The second-order valence-corrected chi connectivity index (χ2v) is 9.36. The molecular formula is C30H33N3O2. The van der Waals surface area contributed by atoms with Crippen LogP contribution in [0.15, 0.2) is 78.9 Å². The number of methoxy groups -OCH3 is 1. The zero-order chi connectivity index (χ0) is 24.0. The molecule has 0 saturated carbocycles. The molecule has 180 valence electrons. The van der Waals surface area contributed by atoms with Gasteiger partial charge >= 0.3 is 0 Å². The Labute approximate surface area is 207 Å². The van der Waals surface area contributed by atoms with E-state index < -0.39 is 0 Å². The molecule has 1 aromatic heterocycles. The second-order valence-electron chi connectivity index (χ2n) is 9.36. The maximum Gasteiger partial charge on any atom is 0.220 e. The van der Waals surface area contributed by atoms with Crippen LogP contribution >= 0.6 is 0 Å². The lowest BCUT2D eigenvalue weighted by molar-refractivity contribution is -0.122.